The number of carbonyl (C=O) groups excluding carboxylic acids is 1. The first-order chi connectivity index (χ1) is 11.6. The lowest BCUT2D eigenvalue weighted by molar-refractivity contribution is 0.191. The second kappa shape index (κ2) is 7.49. The summed E-state index contributed by atoms with van der Waals surface area (Å²) in [7, 11) is 0. The number of piperazine rings is 1. The van der Waals surface area contributed by atoms with Gasteiger partial charge in [-0.05, 0) is 24.6 Å². The molecule has 3 rings (SSSR count). The van der Waals surface area contributed by atoms with Crippen molar-refractivity contribution in [2.24, 2.45) is 0 Å². The van der Waals surface area contributed by atoms with E-state index in [2.05, 4.69) is 20.2 Å². The number of rotatable bonds is 3. The molecule has 1 aromatic carbocycles. The number of anilines is 1. The minimum absolute atomic E-state index is 0.0731. The van der Waals surface area contributed by atoms with Crippen LogP contribution in [-0.4, -0.2) is 47.1 Å². The van der Waals surface area contributed by atoms with E-state index in [0.717, 1.165) is 18.7 Å². The van der Waals surface area contributed by atoms with E-state index in [1.54, 1.807) is 18.5 Å². The molecule has 1 aliphatic heterocycles. The van der Waals surface area contributed by atoms with E-state index in [-0.39, 0.29) is 12.1 Å². The van der Waals surface area contributed by atoms with E-state index >= 15 is 0 Å². The Morgan fingerprint density at radius 2 is 1.79 bits per heavy atom. The Hall–Kier alpha value is -2.34. The van der Waals surface area contributed by atoms with Crippen LogP contribution < -0.4 is 10.2 Å². The van der Waals surface area contributed by atoms with E-state index < -0.39 is 0 Å². The first-order valence-corrected chi connectivity index (χ1v) is 8.35. The number of nitrogens with zero attached hydrogens (tertiary/aromatic N) is 4. The molecule has 2 aromatic rings. The van der Waals surface area contributed by atoms with Crippen LogP contribution in [0.2, 0.25) is 5.02 Å². The second-order valence-corrected chi connectivity index (χ2v) is 6.12. The summed E-state index contributed by atoms with van der Waals surface area (Å²) < 4.78 is 0. The van der Waals surface area contributed by atoms with Crippen molar-refractivity contribution in [3.05, 3.63) is 53.3 Å². The zero-order valence-corrected chi connectivity index (χ0v) is 14.3. The molecule has 1 atom stereocenters. The molecule has 24 heavy (non-hydrogen) atoms. The molecule has 0 bridgehead atoms. The summed E-state index contributed by atoms with van der Waals surface area (Å²) in [6.45, 7) is 4.65. The lowest BCUT2D eigenvalue weighted by Gasteiger charge is -2.35. The highest BCUT2D eigenvalue weighted by molar-refractivity contribution is 6.31. The van der Waals surface area contributed by atoms with Crippen molar-refractivity contribution < 1.29 is 4.79 Å². The Labute approximate surface area is 146 Å². The van der Waals surface area contributed by atoms with Gasteiger partial charge in [0.05, 0.1) is 6.04 Å². The number of amides is 2. The van der Waals surface area contributed by atoms with Gasteiger partial charge in [0.15, 0.2) is 0 Å². The molecule has 0 saturated carbocycles. The standard InChI is InChI=1S/C17H20ClN5O/c1-13(14-5-2-3-6-15(14)18)21-17(24)23-11-9-22(10-12-23)16-19-7-4-8-20-16/h2-8,13H,9-12H2,1H3,(H,21,24). The second-order valence-electron chi connectivity index (χ2n) is 5.72. The fraction of sp³-hybridized carbons (Fsp3) is 0.353. The first kappa shape index (κ1) is 16.5. The topological polar surface area (TPSA) is 61.4 Å². The van der Waals surface area contributed by atoms with Gasteiger partial charge in [-0.3, -0.25) is 0 Å². The predicted molar refractivity (Wildman–Crippen MR) is 94.2 cm³/mol. The van der Waals surface area contributed by atoms with Crippen molar-refractivity contribution in [3.63, 3.8) is 0 Å². The van der Waals surface area contributed by atoms with E-state index in [4.69, 9.17) is 11.6 Å². The van der Waals surface area contributed by atoms with Crippen LogP contribution in [0.15, 0.2) is 42.7 Å². The van der Waals surface area contributed by atoms with Crippen molar-refractivity contribution in [2.45, 2.75) is 13.0 Å². The molecule has 1 aliphatic rings. The van der Waals surface area contributed by atoms with Crippen molar-refractivity contribution in [2.75, 3.05) is 31.1 Å². The maximum atomic E-state index is 12.5. The molecule has 6 nitrogen and oxygen atoms in total. The Balaban J connectivity index is 1.55. The molecule has 1 saturated heterocycles. The van der Waals surface area contributed by atoms with Crippen LogP contribution in [0, 0.1) is 0 Å². The Bertz CT molecular complexity index is 688. The van der Waals surface area contributed by atoms with Crippen molar-refractivity contribution in [3.8, 4) is 0 Å². The number of hydrogen-bond acceptors (Lipinski definition) is 4. The largest absolute Gasteiger partial charge is 0.337 e. The van der Waals surface area contributed by atoms with Gasteiger partial charge in [0.1, 0.15) is 0 Å². The average Bonchev–Trinajstić information content (AvgIpc) is 2.63. The quantitative estimate of drug-likeness (QED) is 0.929. The van der Waals surface area contributed by atoms with E-state index in [0.29, 0.717) is 24.1 Å². The van der Waals surface area contributed by atoms with Crippen LogP contribution in [-0.2, 0) is 0 Å². The molecular formula is C17H20ClN5O. The molecule has 1 aromatic heterocycles. The number of carbonyl (C=O) groups is 1. The molecular weight excluding hydrogens is 326 g/mol. The molecule has 0 radical (unpaired) electrons. The third kappa shape index (κ3) is 3.76. The Morgan fingerprint density at radius 3 is 2.46 bits per heavy atom. The number of nitrogens with one attached hydrogen (secondary N) is 1. The minimum Gasteiger partial charge on any atom is -0.337 e. The summed E-state index contributed by atoms with van der Waals surface area (Å²) in [6.07, 6.45) is 3.46. The number of urea groups is 1. The van der Waals surface area contributed by atoms with Gasteiger partial charge in [-0.2, -0.15) is 0 Å². The van der Waals surface area contributed by atoms with Gasteiger partial charge in [-0.25, -0.2) is 14.8 Å². The van der Waals surface area contributed by atoms with Crippen molar-refractivity contribution in [1.82, 2.24) is 20.2 Å². The van der Waals surface area contributed by atoms with E-state index in [1.807, 2.05) is 36.1 Å². The zero-order valence-electron chi connectivity index (χ0n) is 13.5. The van der Waals surface area contributed by atoms with Gasteiger partial charge in [0.2, 0.25) is 5.95 Å². The van der Waals surface area contributed by atoms with E-state index in [9.17, 15) is 4.79 Å². The van der Waals surface area contributed by atoms with Crippen LogP contribution in [0.3, 0.4) is 0 Å². The Morgan fingerprint density at radius 1 is 1.12 bits per heavy atom. The number of halogens is 1. The molecule has 2 amide bonds. The van der Waals surface area contributed by atoms with Gasteiger partial charge in [-0.1, -0.05) is 29.8 Å². The minimum atomic E-state index is -0.137. The van der Waals surface area contributed by atoms with Crippen LogP contribution in [0.1, 0.15) is 18.5 Å². The van der Waals surface area contributed by atoms with Crippen molar-refractivity contribution >= 4 is 23.6 Å². The SMILES string of the molecule is CC(NC(=O)N1CCN(c2ncccn2)CC1)c1ccccc1Cl. The predicted octanol–water partition coefficient (Wildman–Crippen LogP) is 2.72. The molecule has 2 heterocycles. The smallest absolute Gasteiger partial charge is 0.317 e. The summed E-state index contributed by atoms with van der Waals surface area (Å²) in [5.74, 6) is 0.710. The van der Waals surface area contributed by atoms with Gasteiger partial charge < -0.3 is 15.1 Å². The normalized spacial score (nSPS) is 15.9. The lowest BCUT2D eigenvalue weighted by atomic mass is 10.1. The average molecular weight is 346 g/mol. The third-order valence-electron chi connectivity index (χ3n) is 4.11. The van der Waals surface area contributed by atoms with Crippen LogP contribution in [0.4, 0.5) is 10.7 Å². The highest BCUT2D eigenvalue weighted by Crippen LogP contribution is 2.22. The molecule has 0 aliphatic carbocycles. The maximum absolute atomic E-state index is 12.5. The maximum Gasteiger partial charge on any atom is 0.317 e. The van der Waals surface area contributed by atoms with Gasteiger partial charge in [0.25, 0.3) is 0 Å². The monoisotopic (exact) mass is 345 g/mol. The fourth-order valence-corrected chi connectivity index (χ4v) is 3.04. The fourth-order valence-electron chi connectivity index (χ4n) is 2.74. The summed E-state index contributed by atoms with van der Waals surface area (Å²) in [6, 6.07) is 9.14. The van der Waals surface area contributed by atoms with Crippen LogP contribution >= 0.6 is 11.6 Å². The third-order valence-corrected chi connectivity index (χ3v) is 4.46. The van der Waals surface area contributed by atoms with Crippen molar-refractivity contribution in [1.29, 1.82) is 0 Å². The molecule has 126 valence electrons. The highest BCUT2D eigenvalue weighted by Gasteiger charge is 2.23. The zero-order chi connectivity index (χ0) is 16.9. The first-order valence-electron chi connectivity index (χ1n) is 7.97. The lowest BCUT2D eigenvalue weighted by Crippen LogP contribution is -2.52. The van der Waals surface area contributed by atoms with Crippen LogP contribution in [0.25, 0.3) is 0 Å². The number of benzene rings is 1. The summed E-state index contributed by atoms with van der Waals surface area (Å²) in [4.78, 5) is 24.9. The summed E-state index contributed by atoms with van der Waals surface area (Å²) in [5.41, 5.74) is 0.920. The molecule has 1 N–H and O–H groups in total. The number of hydrogen-bond donors (Lipinski definition) is 1. The summed E-state index contributed by atoms with van der Waals surface area (Å²) in [5, 5.41) is 3.68. The molecule has 0 spiro atoms. The summed E-state index contributed by atoms with van der Waals surface area (Å²) >= 11 is 6.19. The molecule has 7 heteroatoms. The van der Waals surface area contributed by atoms with Gasteiger partial charge in [0, 0.05) is 43.6 Å². The van der Waals surface area contributed by atoms with E-state index in [1.165, 1.54) is 0 Å². The van der Waals surface area contributed by atoms with Gasteiger partial charge >= 0.3 is 6.03 Å². The molecule has 1 unspecified atom stereocenters. The highest BCUT2D eigenvalue weighted by atomic mass is 35.5. The number of aromatic nitrogens is 2. The van der Waals surface area contributed by atoms with Crippen LogP contribution in [0.5, 0.6) is 0 Å². The molecule has 1 fully saturated rings. The van der Waals surface area contributed by atoms with Gasteiger partial charge in [-0.15, -0.1) is 0 Å². The Kier molecular flexibility index (Phi) is 5.15.